The zero-order chi connectivity index (χ0) is 19.3. The first-order valence-corrected chi connectivity index (χ1v) is 9.57. The van der Waals surface area contributed by atoms with Crippen LogP contribution in [-0.4, -0.2) is 34.1 Å². The molecule has 4 rings (SSSR count). The number of piperazine rings is 1. The molecule has 0 saturated carbocycles. The highest BCUT2D eigenvalue weighted by molar-refractivity contribution is 5.85. The topological polar surface area (TPSA) is 42.3 Å². The van der Waals surface area contributed by atoms with Crippen LogP contribution in [0.15, 0.2) is 60.9 Å². The van der Waals surface area contributed by atoms with Gasteiger partial charge in [-0.3, -0.25) is 4.90 Å². The van der Waals surface area contributed by atoms with Gasteiger partial charge in [0.2, 0.25) is 0 Å². The number of imidazole rings is 1. The molecule has 1 aliphatic heterocycles. The summed E-state index contributed by atoms with van der Waals surface area (Å²) in [6, 6.07) is 14.9. The van der Waals surface area contributed by atoms with Gasteiger partial charge in [0.05, 0.1) is 6.04 Å². The molecule has 1 fully saturated rings. The fourth-order valence-electron chi connectivity index (χ4n) is 3.56. The molecule has 29 heavy (non-hydrogen) atoms. The predicted octanol–water partition coefficient (Wildman–Crippen LogP) is 3.71. The summed E-state index contributed by atoms with van der Waals surface area (Å²) in [6.45, 7) is 4.18. The average Bonchev–Trinajstić information content (AvgIpc) is 3.15. The average molecular weight is 417 g/mol. The van der Waals surface area contributed by atoms with E-state index < -0.39 is 0 Å². The third-order valence-corrected chi connectivity index (χ3v) is 5.14. The van der Waals surface area contributed by atoms with Crippen LogP contribution in [0.3, 0.4) is 0 Å². The summed E-state index contributed by atoms with van der Waals surface area (Å²) in [5.41, 5.74) is 2.19. The van der Waals surface area contributed by atoms with Crippen molar-refractivity contribution in [3.63, 3.8) is 0 Å². The molecule has 7 heteroatoms. The molecular weight excluding hydrogens is 391 g/mol. The normalized spacial score (nSPS) is 17.0. The monoisotopic (exact) mass is 416 g/mol. The van der Waals surface area contributed by atoms with Gasteiger partial charge in [-0.1, -0.05) is 24.3 Å². The quantitative estimate of drug-likeness (QED) is 0.665. The summed E-state index contributed by atoms with van der Waals surface area (Å²) < 4.78 is 20.9. The molecule has 154 valence electrons. The number of nitrogens with zero attached hydrogens (tertiary/aromatic N) is 3. The lowest BCUT2D eigenvalue weighted by Gasteiger charge is -2.35. The zero-order valence-electron chi connectivity index (χ0n) is 16.4. The van der Waals surface area contributed by atoms with Gasteiger partial charge >= 0.3 is 0 Å². The Morgan fingerprint density at radius 1 is 1.10 bits per heavy atom. The van der Waals surface area contributed by atoms with E-state index in [0.29, 0.717) is 6.61 Å². The van der Waals surface area contributed by atoms with E-state index in [2.05, 4.69) is 31.9 Å². The second-order valence-electron chi connectivity index (χ2n) is 7.15. The Hall–Kier alpha value is -2.41. The van der Waals surface area contributed by atoms with Crippen molar-refractivity contribution < 1.29 is 9.13 Å². The molecule has 0 amide bonds. The molecule has 0 spiro atoms. The largest absolute Gasteiger partial charge is 0.489 e. The van der Waals surface area contributed by atoms with E-state index in [0.717, 1.165) is 43.3 Å². The minimum atomic E-state index is -0.232. The van der Waals surface area contributed by atoms with Crippen molar-refractivity contribution in [1.29, 1.82) is 0 Å². The Labute approximate surface area is 176 Å². The van der Waals surface area contributed by atoms with E-state index in [4.69, 9.17) is 4.74 Å². The van der Waals surface area contributed by atoms with Gasteiger partial charge in [0, 0.05) is 45.6 Å². The second kappa shape index (κ2) is 9.87. The molecule has 1 atom stereocenters. The van der Waals surface area contributed by atoms with Crippen molar-refractivity contribution in [3.8, 4) is 5.75 Å². The molecule has 2 heterocycles. The number of nitrogens with one attached hydrogen (secondary N) is 1. The molecule has 1 unspecified atom stereocenters. The van der Waals surface area contributed by atoms with Crippen LogP contribution in [0, 0.1) is 5.82 Å². The first-order chi connectivity index (χ1) is 13.7. The number of hydrogen-bond donors (Lipinski definition) is 1. The van der Waals surface area contributed by atoms with Crippen LogP contribution in [-0.2, 0) is 20.2 Å². The molecule has 1 aliphatic rings. The molecule has 5 nitrogen and oxygen atoms in total. The van der Waals surface area contributed by atoms with Crippen LogP contribution in [0.1, 0.15) is 23.0 Å². The molecule has 0 bridgehead atoms. The van der Waals surface area contributed by atoms with E-state index in [9.17, 15) is 4.39 Å². The summed E-state index contributed by atoms with van der Waals surface area (Å²) in [4.78, 5) is 7.01. The molecule has 1 N–H and O–H groups in total. The second-order valence-corrected chi connectivity index (χ2v) is 7.15. The summed E-state index contributed by atoms with van der Waals surface area (Å²) in [7, 11) is 2.04. The van der Waals surface area contributed by atoms with Crippen LogP contribution in [0.2, 0.25) is 0 Å². The smallest absolute Gasteiger partial charge is 0.127 e. The molecule has 3 aromatic rings. The van der Waals surface area contributed by atoms with Gasteiger partial charge in [0.15, 0.2) is 0 Å². The van der Waals surface area contributed by atoms with E-state index in [1.165, 1.54) is 17.7 Å². The van der Waals surface area contributed by atoms with Gasteiger partial charge in [-0.15, -0.1) is 12.4 Å². The lowest BCUT2D eigenvalue weighted by atomic mass is 10.1. The highest BCUT2D eigenvalue weighted by Crippen LogP contribution is 2.23. The molecular formula is C22H26ClFN4O. The fourth-order valence-corrected chi connectivity index (χ4v) is 3.56. The van der Waals surface area contributed by atoms with E-state index in [-0.39, 0.29) is 24.3 Å². The fraction of sp³-hybridized carbons (Fsp3) is 0.318. The maximum Gasteiger partial charge on any atom is 0.127 e. The Morgan fingerprint density at radius 3 is 2.52 bits per heavy atom. The van der Waals surface area contributed by atoms with Gasteiger partial charge in [-0.25, -0.2) is 9.37 Å². The van der Waals surface area contributed by atoms with Crippen LogP contribution in [0.4, 0.5) is 4.39 Å². The maximum absolute atomic E-state index is 13.0. The summed E-state index contributed by atoms with van der Waals surface area (Å²) in [5.74, 6) is 1.67. The van der Waals surface area contributed by atoms with Gasteiger partial charge in [-0.05, 0) is 35.4 Å². The van der Waals surface area contributed by atoms with Crippen LogP contribution < -0.4 is 10.1 Å². The minimum Gasteiger partial charge on any atom is -0.489 e. The number of ether oxygens (including phenoxy) is 1. The van der Waals surface area contributed by atoms with Crippen LogP contribution >= 0.6 is 12.4 Å². The van der Waals surface area contributed by atoms with Gasteiger partial charge in [-0.2, -0.15) is 0 Å². The number of hydrogen-bond acceptors (Lipinski definition) is 4. The van der Waals surface area contributed by atoms with Crippen molar-refractivity contribution in [2.45, 2.75) is 19.2 Å². The van der Waals surface area contributed by atoms with Crippen molar-refractivity contribution in [2.24, 2.45) is 7.05 Å². The van der Waals surface area contributed by atoms with Gasteiger partial charge in [0.1, 0.15) is 24.0 Å². The number of rotatable bonds is 6. The molecule has 1 aromatic heterocycles. The number of halogens is 2. The number of aromatic nitrogens is 2. The van der Waals surface area contributed by atoms with Crippen molar-refractivity contribution in [2.75, 3.05) is 19.6 Å². The van der Waals surface area contributed by atoms with Crippen LogP contribution in [0.5, 0.6) is 5.75 Å². The highest BCUT2D eigenvalue weighted by Gasteiger charge is 2.26. The van der Waals surface area contributed by atoms with Crippen molar-refractivity contribution in [3.05, 3.63) is 83.7 Å². The first kappa shape index (κ1) is 21.3. The Bertz CT molecular complexity index is 898. The first-order valence-electron chi connectivity index (χ1n) is 9.57. The Morgan fingerprint density at radius 2 is 1.83 bits per heavy atom. The van der Waals surface area contributed by atoms with Crippen molar-refractivity contribution >= 4 is 12.4 Å². The Kier molecular flexibility index (Phi) is 7.25. The maximum atomic E-state index is 13.0. The third-order valence-electron chi connectivity index (χ3n) is 5.14. The minimum absolute atomic E-state index is 0. The summed E-state index contributed by atoms with van der Waals surface area (Å²) in [5, 5.41) is 3.47. The molecule has 0 aliphatic carbocycles. The summed E-state index contributed by atoms with van der Waals surface area (Å²) in [6.07, 6.45) is 3.85. The van der Waals surface area contributed by atoms with E-state index >= 15 is 0 Å². The number of aryl methyl sites for hydroxylation is 1. The van der Waals surface area contributed by atoms with Gasteiger partial charge in [0.25, 0.3) is 0 Å². The van der Waals surface area contributed by atoms with Crippen molar-refractivity contribution in [1.82, 2.24) is 19.8 Å². The summed E-state index contributed by atoms with van der Waals surface area (Å²) >= 11 is 0. The molecule has 2 aromatic carbocycles. The lowest BCUT2D eigenvalue weighted by Crippen LogP contribution is -2.46. The predicted molar refractivity (Wildman–Crippen MR) is 114 cm³/mol. The SMILES string of the molecule is Cl.Cn1ccnc1C1CNCCN1Cc1ccc(OCc2ccc(F)cc2)cc1. The van der Waals surface area contributed by atoms with E-state index in [1.54, 1.807) is 12.1 Å². The molecule has 1 saturated heterocycles. The lowest BCUT2D eigenvalue weighted by molar-refractivity contribution is 0.144. The Balaban J connectivity index is 0.00000240. The van der Waals surface area contributed by atoms with Gasteiger partial charge < -0.3 is 14.6 Å². The van der Waals surface area contributed by atoms with Crippen LogP contribution in [0.25, 0.3) is 0 Å². The highest BCUT2D eigenvalue weighted by atomic mass is 35.5. The standard InChI is InChI=1S/C22H25FN4O.ClH/c1-26-12-11-25-22(26)21-14-24-10-13-27(21)15-17-4-8-20(9-5-17)28-16-18-2-6-19(23)7-3-18;/h2-9,11-12,21,24H,10,13-16H2,1H3;1H. The molecule has 0 radical (unpaired) electrons. The zero-order valence-corrected chi connectivity index (χ0v) is 17.2. The number of benzene rings is 2. The third kappa shape index (κ3) is 5.35. The van der Waals surface area contributed by atoms with E-state index in [1.807, 2.05) is 31.6 Å².